The lowest BCUT2D eigenvalue weighted by Gasteiger charge is -2.12. The van der Waals surface area contributed by atoms with E-state index in [0.717, 1.165) is 12.1 Å². The van der Waals surface area contributed by atoms with Crippen LogP contribution in [0.25, 0.3) is 0 Å². The van der Waals surface area contributed by atoms with E-state index < -0.39 is 28.2 Å². The van der Waals surface area contributed by atoms with E-state index in [0.29, 0.717) is 6.20 Å². The number of ether oxygens (including phenoxy) is 1. The Morgan fingerprint density at radius 1 is 1.32 bits per heavy atom. The molecule has 0 atom stereocenters. The van der Waals surface area contributed by atoms with E-state index in [1.54, 1.807) is 0 Å². The van der Waals surface area contributed by atoms with Gasteiger partial charge in [0.15, 0.2) is 0 Å². The van der Waals surface area contributed by atoms with E-state index >= 15 is 0 Å². The minimum Gasteiger partial charge on any atom is -0.445 e. The molecule has 10 heteroatoms. The molecular formula is C9H6Cl3F3N2O2. The topological polar surface area (TPSA) is 51.2 Å². The summed E-state index contributed by atoms with van der Waals surface area (Å²) in [5.41, 5.74) is -0.937. The number of nitrogens with zero attached hydrogens (tertiary/aromatic N) is 1. The number of rotatable bonds is 2. The third kappa shape index (κ3) is 6.17. The Kier molecular flexibility index (Phi) is 5.11. The quantitative estimate of drug-likeness (QED) is 0.829. The number of halogens is 6. The van der Waals surface area contributed by atoms with Gasteiger partial charge in [0.05, 0.1) is 5.56 Å². The van der Waals surface area contributed by atoms with Gasteiger partial charge in [0.25, 0.3) is 0 Å². The van der Waals surface area contributed by atoms with Crippen LogP contribution in [0.4, 0.5) is 23.8 Å². The number of nitrogens with one attached hydrogen (secondary N) is 1. The van der Waals surface area contributed by atoms with Crippen molar-refractivity contribution in [2.75, 3.05) is 11.9 Å². The van der Waals surface area contributed by atoms with Crippen molar-refractivity contribution in [1.29, 1.82) is 0 Å². The normalized spacial score (nSPS) is 12.1. The zero-order chi connectivity index (χ0) is 14.7. The van der Waals surface area contributed by atoms with E-state index in [-0.39, 0.29) is 5.82 Å². The van der Waals surface area contributed by atoms with Crippen molar-refractivity contribution in [1.82, 2.24) is 4.98 Å². The molecule has 4 nitrogen and oxygen atoms in total. The lowest BCUT2D eigenvalue weighted by atomic mass is 10.3. The van der Waals surface area contributed by atoms with E-state index in [1.165, 1.54) is 0 Å². The number of amides is 1. The molecule has 1 amide bonds. The second-order valence-corrected chi connectivity index (χ2v) is 5.76. The maximum Gasteiger partial charge on any atom is 0.417 e. The number of carbonyl (C=O) groups is 1. The molecule has 0 unspecified atom stereocenters. The molecule has 0 saturated heterocycles. The third-order valence-corrected chi connectivity index (χ3v) is 2.02. The van der Waals surface area contributed by atoms with Crippen LogP contribution in [0.2, 0.25) is 0 Å². The van der Waals surface area contributed by atoms with Crippen LogP contribution in [0, 0.1) is 0 Å². The zero-order valence-electron chi connectivity index (χ0n) is 8.97. The van der Waals surface area contributed by atoms with Crippen molar-refractivity contribution < 1.29 is 22.7 Å². The molecule has 19 heavy (non-hydrogen) atoms. The first-order chi connectivity index (χ1) is 8.58. The Hall–Kier alpha value is -0.920. The molecule has 1 rings (SSSR count). The molecule has 0 aliphatic heterocycles. The van der Waals surface area contributed by atoms with Crippen LogP contribution >= 0.6 is 34.8 Å². The van der Waals surface area contributed by atoms with Crippen molar-refractivity contribution in [3.8, 4) is 0 Å². The number of anilines is 1. The van der Waals surface area contributed by atoms with Gasteiger partial charge in [0.2, 0.25) is 3.79 Å². The third-order valence-electron chi connectivity index (χ3n) is 1.69. The van der Waals surface area contributed by atoms with Crippen LogP contribution in [0.15, 0.2) is 18.3 Å². The highest BCUT2D eigenvalue weighted by Gasteiger charge is 2.30. The second kappa shape index (κ2) is 6.02. The van der Waals surface area contributed by atoms with E-state index in [1.807, 2.05) is 0 Å². The highest BCUT2D eigenvalue weighted by molar-refractivity contribution is 6.67. The van der Waals surface area contributed by atoms with Gasteiger partial charge < -0.3 is 4.74 Å². The SMILES string of the molecule is O=C(Nc1ccc(C(F)(F)F)cn1)OCC(Cl)(Cl)Cl. The lowest BCUT2D eigenvalue weighted by molar-refractivity contribution is -0.137. The van der Waals surface area contributed by atoms with Crippen LogP contribution in [0.5, 0.6) is 0 Å². The Bertz CT molecular complexity index is 446. The predicted octanol–water partition coefficient (Wildman–Crippen LogP) is 4.02. The summed E-state index contributed by atoms with van der Waals surface area (Å²) in [4.78, 5) is 14.6. The van der Waals surface area contributed by atoms with E-state index in [2.05, 4.69) is 15.0 Å². The summed E-state index contributed by atoms with van der Waals surface area (Å²) in [5, 5.41) is 2.08. The first-order valence-electron chi connectivity index (χ1n) is 4.62. The fourth-order valence-electron chi connectivity index (χ4n) is 0.924. The molecule has 1 aromatic heterocycles. The maximum absolute atomic E-state index is 12.2. The number of aromatic nitrogens is 1. The number of hydrogen-bond donors (Lipinski definition) is 1. The zero-order valence-corrected chi connectivity index (χ0v) is 11.2. The summed E-state index contributed by atoms with van der Waals surface area (Å²) in [5.74, 6) is -0.123. The molecule has 0 saturated carbocycles. The fraction of sp³-hybridized carbons (Fsp3) is 0.333. The Labute approximate surface area is 120 Å². The molecule has 1 N–H and O–H groups in total. The standard InChI is InChI=1S/C9H6Cl3F3N2O2/c10-8(11,12)4-19-7(18)17-6-2-1-5(3-16-6)9(13,14)15/h1-3H,4H2,(H,16,17,18). The highest BCUT2D eigenvalue weighted by Crippen LogP contribution is 2.29. The summed E-state index contributed by atoms with van der Waals surface area (Å²) < 4.78 is 39.4. The van der Waals surface area contributed by atoms with Crippen LogP contribution in [0.3, 0.4) is 0 Å². The summed E-state index contributed by atoms with van der Waals surface area (Å²) in [6, 6.07) is 1.73. The van der Waals surface area contributed by atoms with Gasteiger partial charge in [-0.3, -0.25) is 5.32 Å². The van der Waals surface area contributed by atoms with Gasteiger partial charge in [-0.25, -0.2) is 9.78 Å². The van der Waals surface area contributed by atoms with Crippen LogP contribution < -0.4 is 5.32 Å². The minimum atomic E-state index is -4.50. The van der Waals surface area contributed by atoms with Crippen molar-refractivity contribution in [2.24, 2.45) is 0 Å². The molecule has 0 radical (unpaired) electrons. The smallest absolute Gasteiger partial charge is 0.417 e. The fourth-order valence-corrected chi connectivity index (χ4v) is 1.09. The molecule has 0 aliphatic carbocycles. The molecule has 0 aliphatic rings. The van der Waals surface area contributed by atoms with Crippen molar-refractivity contribution >= 4 is 46.7 Å². The van der Waals surface area contributed by atoms with E-state index in [4.69, 9.17) is 34.8 Å². The van der Waals surface area contributed by atoms with Gasteiger partial charge in [0, 0.05) is 6.20 Å². The van der Waals surface area contributed by atoms with Gasteiger partial charge >= 0.3 is 12.3 Å². The van der Waals surface area contributed by atoms with Gasteiger partial charge in [-0.05, 0) is 12.1 Å². The summed E-state index contributed by atoms with van der Waals surface area (Å²) in [7, 11) is 0. The largest absolute Gasteiger partial charge is 0.445 e. The maximum atomic E-state index is 12.2. The van der Waals surface area contributed by atoms with Crippen molar-refractivity contribution in [3.05, 3.63) is 23.9 Å². The molecule has 0 bridgehead atoms. The van der Waals surface area contributed by atoms with Gasteiger partial charge in [-0.1, -0.05) is 34.8 Å². The van der Waals surface area contributed by atoms with Crippen LogP contribution in [-0.4, -0.2) is 21.5 Å². The number of alkyl halides is 6. The molecule has 0 spiro atoms. The summed E-state index contributed by atoms with van der Waals surface area (Å²) >= 11 is 16.0. The molecular weight excluding hydrogens is 331 g/mol. The molecule has 1 heterocycles. The predicted molar refractivity (Wildman–Crippen MR) is 64.5 cm³/mol. The lowest BCUT2D eigenvalue weighted by Crippen LogP contribution is -2.21. The molecule has 106 valence electrons. The monoisotopic (exact) mass is 336 g/mol. The number of carbonyl (C=O) groups excluding carboxylic acids is 1. The van der Waals surface area contributed by atoms with Crippen molar-refractivity contribution in [2.45, 2.75) is 9.97 Å². The average molecular weight is 338 g/mol. The number of pyridine rings is 1. The molecule has 0 fully saturated rings. The molecule has 1 aromatic rings. The van der Waals surface area contributed by atoms with E-state index in [9.17, 15) is 18.0 Å². The Morgan fingerprint density at radius 2 is 1.95 bits per heavy atom. The second-order valence-electron chi connectivity index (χ2n) is 3.25. The first kappa shape index (κ1) is 16.1. The Balaban J connectivity index is 2.56. The Morgan fingerprint density at radius 3 is 2.37 bits per heavy atom. The van der Waals surface area contributed by atoms with Crippen LogP contribution in [0.1, 0.15) is 5.56 Å². The molecule has 0 aromatic carbocycles. The summed E-state index contributed by atoms with van der Waals surface area (Å²) in [6.45, 7) is -0.510. The summed E-state index contributed by atoms with van der Waals surface area (Å²) in [6.07, 6.45) is -4.93. The minimum absolute atomic E-state index is 0.123. The number of hydrogen-bond acceptors (Lipinski definition) is 3. The van der Waals surface area contributed by atoms with Crippen LogP contribution in [-0.2, 0) is 10.9 Å². The van der Waals surface area contributed by atoms with Gasteiger partial charge in [-0.15, -0.1) is 0 Å². The van der Waals surface area contributed by atoms with Gasteiger partial charge in [-0.2, -0.15) is 13.2 Å². The average Bonchev–Trinajstić information content (AvgIpc) is 2.25. The highest BCUT2D eigenvalue weighted by atomic mass is 35.6. The first-order valence-corrected chi connectivity index (χ1v) is 5.75. The van der Waals surface area contributed by atoms with Gasteiger partial charge in [0.1, 0.15) is 12.4 Å². The van der Waals surface area contributed by atoms with Crippen molar-refractivity contribution in [3.63, 3.8) is 0 Å².